The summed E-state index contributed by atoms with van der Waals surface area (Å²) in [6, 6.07) is 6.62. The van der Waals surface area contributed by atoms with E-state index < -0.39 is 23.8 Å². The maximum Gasteiger partial charge on any atom is 0.335 e. The summed E-state index contributed by atoms with van der Waals surface area (Å²) >= 11 is 0. The van der Waals surface area contributed by atoms with Crippen molar-refractivity contribution in [1.29, 1.82) is 0 Å². The number of carbonyl (C=O) groups is 3. The van der Waals surface area contributed by atoms with E-state index in [1.165, 1.54) is 0 Å². The van der Waals surface area contributed by atoms with Gasteiger partial charge >= 0.3 is 6.03 Å². The lowest BCUT2D eigenvalue weighted by Gasteiger charge is -2.31. The van der Waals surface area contributed by atoms with Crippen molar-refractivity contribution in [2.45, 2.75) is 33.6 Å². The zero-order valence-corrected chi connectivity index (χ0v) is 12.6. The van der Waals surface area contributed by atoms with Crippen molar-refractivity contribution in [2.75, 3.05) is 4.90 Å². The van der Waals surface area contributed by atoms with Gasteiger partial charge in [0.25, 0.3) is 0 Å². The summed E-state index contributed by atoms with van der Waals surface area (Å²) in [6.45, 7) is 5.68. The van der Waals surface area contributed by atoms with Crippen LogP contribution in [0.4, 0.5) is 10.5 Å². The molecule has 1 saturated heterocycles. The fourth-order valence-corrected chi connectivity index (χ4v) is 2.52. The molecule has 1 unspecified atom stereocenters. The van der Waals surface area contributed by atoms with Gasteiger partial charge in [-0.15, -0.1) is 0 Å². The number of imide groups is 2. The highest BCUT2D eigenvalue weighted by Crippen LogP contribution is 2.25. The molecule has 0 radical (unpaired) electrons. The van der Waals surface area contributed by atoms with Gasteiger partial charge in [-0.1, -0.05) is 39.3 Å². The molecule has 1 aliphatic heterocycles. The Morgan fingerprint density at radius 1 is 1.14 bits per heavy atom. The number of amides is 4. The average Bonchev–Trinajstić information content (AvgIpc) is 2.40. The molecule has 112 valence electrons. The van der Waals surface area contributed by atoms with E-state index in [4.69, 9.17) is 0 Å². The first-order valence-electron chi connectivity index (χ1n) is 7.23. The quantitative estimate of drug-likeness (QED) is 0.866. The highest BCUT2D eigenvalue weighted by molar-refractivity contribution is 6.27. The maximum atomic E-state index is 12.4. The summed E-state index contributed by atoms with van der Waals surface area (Å²) in [5.74, 6) is -1.95. The van der Waals surface area contributed by atoms with E-state index >= 15 is 0 Å². The number of anilines is 1. The fraction of sp³-hybridized carbons (Fsp3) is 0.438. The Morgan fingerprint density at radius 3 is 2.29 bits per heavy atom. The third-order valence-corrected chi connectivity index (χ3v) is 3.60. The molecule has 2 rings (SSSR count). The number of benzene rings is 1. The Hall–Kier alpha value is -2.17. The number of urea groups is 1. The Bertz CT molecular complexity index is 563. The van der Waals surface area contributed by atoms with E-state index in [1.807, 2.05) is 12.1 Å². The molecule has 5 heteroatoms. The topological polar surface area (TPSA) is 66.5 Å². The Kier molecular flexibility index (Phi) is 4.40. The Balaban J connectivity index is 2.30. The molecule has 0 aliphatic carbocycles. The molecule has 1 aromatic carbocycles. The average molecular weight is 288 g/mol. The lowest BCUT2D eigenvalue weighted by atomic mass is 9.92. The van der Waals surface area contributed by atoms with Crippen LogP contribution in [-0.4, -0.2) is 17.8 Å². The summed E-state index contributed by atoms with van der Waals surface area (Å²) < 4.78 is 0. The number of carbonyl (C=O) groups excluding carboxylic acids is 3. The maximum absolute atomic E-state index is 12.4. The van der Waals surface area contributed by atoms with Crippen LogP contribution in [0, 0.1) is 11.8 Å². The van der Waals surface area contributed by atoms with Gasteiger partial charge in [-0.2, -0.15) is 0 Å². The van der Waals surface area contributed by atoms with Gasteiger partial charge in [0.2, 0.25) is 11.8 Å². The molecular formula is C16H20N2O3. The molecular weight excluding hydrogens is 268 g/mol. The summed E-state index contributed by atoms with van der Waals surface area (Å²) in [5.41, 5.74) is 1.65. The van der Waals surface area contributed by atoms with Crippen molar-refractivity contribution in [1.82, 2.24) is 5.32 Å². The molecule has 1 aliphatic rings. The minimum absolute atomic E-state index is 0.160. The predicted octanol–water partition coefficient (Wildman–Crippen LogP) is 2.49. The second-order valence-corrected chi connectivity index (χ2v) is 5.61. The van der Waals surface area contributed by atoms with Crippen LogP contribution in [0.3, 0.4) is 0 Å². The molecule has 0 aromatic heterocycles. The van der Waals surface area contributed by atoms with Gasteiger partial charge in [-0.25, -0.2) is 9.69 Å². The van der Waals surface area contributed by atoms with E-state index in [-0.39, 0.29) is 5.92 Å². The molecule has 21 heavy (non-hydrogen) atoms. The molecule has 0 saturated carbocycles. The van der Waals surface area contributed by atoms with Crippen LogP contribution in [0.25, 0.3) is 0 Å². The number of nitrogens with one attached hydrogen (secondary N) is 1. The first-order valence-corrected chi connectivity index (χ1v) is 7.23. The van der Waals surface area contributed by atoms with Crippen LogP contribution in [0.1, 0.15) is 32.8 Å². The van der Waals surface area contributed by atoms with Gasteiger partial charge in [0.15, 0.2) is 0 Å². The molecule has 4 amide bonds. The Morgan fingerprint density at radius 2 is 1.76 bits per heavy atom. The number of hydrogen-bond donors (Lipinski definition) is 1. The van der Waals surface area contributed by atoms with Crippen LogP contribution < -0.4 is 10.2 Å². The van der Waals surface area contributed by atoms with Gasteiger partial charge in [-0.3, -0.25) is 14.9 Å². The second-order valence-electron chi connectivity index (χ2n) is 5.61. The number of barbiturate groups is 1. The molecule has 1 heterocycles. The van der Waals surface area contributed by atoms with Crippen molar-refractivity contribution >= 4 is 23.5 Å². The first-order chi connectivity index (χ1) is 9.95. The van der Waals surface area contributed by atoms with Crippen LogP contribution in [0.5, 0.6) is 0 Å². The molecule has 1 N–H and O–H groups in total. The summed E-state index contributed by atoms with van der Waals surface area (Å²) in [7, 11) is 0. The standard InChI is InChI=1S/C16H20N2O3/c1-4-5-11-6-8-12(9-7-11)18-15(20)13(10(2)3)14(19)17-16(18)21/h6-10,13H,4-5H2,1-3H3,(H,17,19,21). The van der Waals surface area contributed by atoms with E-state index in [0.29, 0.717) is 5.69 Å². The number of aryl methyl sites for hydroxylation is 1. The SMILES string of the molecule is CCCc1ccc(N2C(=O)NC(=O)C(C(C)C)C2=O)cc1. The molecule has 0 spiro atoms. The van der Waals surface area contributed by atoms with Crippen molar-refractivity contribution in [2.24, 2.45) is 11.8 Å². The molecule has 5 nitrogen and oxygen atoms in total. The van der Waals surface area contributed by atoms with Crippen molar-refractivity contribution in [3.63, 3.8) is 0 Å². The normalized spacial score (nSPS) is 19.1. The molecule has 0 bridgehead atoms. The predicted molar refractivity (Wildman–Crippen MR) is 79.8 cm³/mol. The fourth-order valence-electron chi connectivity index (χ4n) is 2.52. The highest BCUT2D eigenvalue weighted by Gasteiger charge is 2.42. The van der Waals surface area contributed by atoms with Crippen LogP contribution in [0.15, 0.2) is 24.3 Å². The molecule has 1 aromatic rings. The first kappa shape index (κ1) is 15.2. The summed E-state index contributed by atoms with van der Waals surface area (Å²) in [6.07, 6.45) is 1.99. The van der Waals surface area contributed by atoms with Crippen molar-refractivity contribution in [3.05, 3.63) is 29.8 Å². The van der Waals surface area contributed by atoms with Crippen molar-refractivity contribution < 1.29 is 14.4 Å². The van der Waals surface area contributed by atoms with Gasteiger partial charge < -0.3 is 0 Å². The van der Waals surface area contributed by atoms with Crippen LogP contribution in [-0.2, 0) is 16.0 Å². The zero-order valence-electron chi connectivity index (χ0n) is 12.6. The molecule has 1 fully saturated rings. The van der Waals surface area contributed by atoms with Crippen molar-refractivity contribution in [3.8, 4) is 0 Å². The van der Waals surface area contributed by atoms with E-state index in [0.717, 1.165) is 23.3 Å². The monoisotopic (exact) mass is 288 g/mol. The summed E-state index contributed by atoms with van der Waals surface area (Å²) in [4.78, 5) is 37.3. The van der Waals surface area contributed by atoms with E-state index in [1.54, 1.807) is 26.0 Å². The van der Waals surface area contributed by atoms with Crippen LogP contribution >= 0.6 is 0 Å². The van der Waals surface area contributed by atoms with Gasteiger partial charge in [0.1, 0.15) is 5.92 Å². The zero-order chi connectivity index (χ0) is 15.6. The highest BCUT2D eigenvalue weighted by atomic mass is 16.2. The van der Waals surface area contributed by atoms with Crippen LogP contribution in [0.2, 0.25) is 0 Å². The second kappa shape index (κ2) is 6.08. The largest absolute Gasteiger partial charge is 0.335 e. The van der Waals surface area contributed by atoms with E-state index in [9.17, 15) is 14.4 Å². The lowest BCUT2D eigenvalue weighted by molar-refractivity contribution is -0.136. The third-order valence-electron chi connectivity index (χ3n) is 3.60. The summed E-state index contributed by atoms with van der Waals surface area (Å²) in [5, 5.41) is 2.26. The molecule has 1 atom stereocenters. The number of rotatable bonds is 4. The number of hydrogen-bond acceptors (Lipinski definition) is 3. The van der Waals surface area contributed by atoms with Gasteiger partial charge in [0.05, 0.1) is 5.69 Å². The van der Waals surface area contributed by atoms with E-state index in [2.05, 4.69) is 12.2 Å². The Labute approximate surface area is 124 Å². The smallest absolute Gasteiger partial charge is 0.277 e. The van der Waals surface area contributed by atoms with Gasteiger partial charge in [0, 0.05) is 0 Å². The van der Waals surface area contributed by atoms with Gasteiger partial charge in [-0.05, 0) is 30.0 Å². The minimum atomic E-state index is -0.821. The number of nitrogens with zero attached hydrogens (tertiary/aromatic N) is 1. The third kappa shape index (κ3) is 2.96. The minimum Gasteiger partial charge on any atom is -0.277 e. The lowest BCUT2D eigenvalue weighted by Crippen LogP contribution is -2.59.